The average Bonchev–Trinajstić information content (AvgIpc) is 2.16. The highest BCUT2D eigenvalue weighted by molar-refractivity contribution is 6.57. The van der Waals surface area contributed by atoms with E-state index >= 15 is 0 Å². The summed E-state index contributed by atoms with van der Waals surface area (Å²) in [6, 6.07) is 0. The van der Waals surface area contributed by atoms with Crippen LogP contribution in [0.2, 0.25) is 0 Å². The molecule has 0 saturated heterocycles. The van der Waals surface area contributed by atoms with Gasteiger partial charge in [0.1, 0.15) is 0 Å². The Morgan fingerprint density at radius 2 is 1.50 bits per heavy atom. The van der Waals surface area contributed by atoms with Crippen molar-refractivity contribution in [1.29, 1.82) is 0 Å². The van der Waals surface area contributed by atoms with Crippen molar-refractivity contribution in [2.24, 2.45) is 0 Å². The molecule has 0 aliphatic carbocycles. The number of hydrogen-bond donors (Lipinski definition) is 1. The Kier molecular flexibility index (Phi) is 8.41. The van der Waals surface area contributed by atoms with Gasteiger partial charge in [0.2, 0.25) is 0 Å². The van der Waals surface area contributed by atoms with Gasteiger partial charge in [-0.05, 0) is 26.8 Å². The Bertz CT molecular complexity index is 118. The third-order valence-corrected chi connectivity index (χ3v) is 4.27. The molecule has 0 aromatic rings. The van der Waals surface area contributed by atoms with E-state index < -0.39 is 8.97 Å². The van der Waals surface area contributed by atoms with Crippen molar-refractivity contribution in [2.75, 3.05) is 26.4 Å². The van der Waals surface area contributed by atoms with Crippen LogP contribution >= 0.6 is 0 Å². The van der Waals surface area contributed by atoms with Gasteiger partial charge in [0.05, 0.1) is 0 Å². The zero-order valence-electron chi connectivity index (χ0n) is 9.76. The van der Waals surface area contributed by atoms with E-state index in [-0.39, 0.29) is 0 Å². The molecule has 5 heteroatoms. The Morgan fingerprint density at radius 1 is 0.929 bits per heavy atom. The molecule has 86 valence electrons. The first kappa shape index (κ1) is 14.1. The molecule has 0 unspecified atom stereocenters. The first-order chi connectivity index (χ1) is 6.74. The van der Waals surface area contributed by atoms with E-state index in [0.29, 0.717) is 19.8 Å². The molecular formula is C9H23NO3Si. The predicted molar refractivity (Wildman–Crippen MR) is 58.9 cm³/mol. The van der Waals surface area contributed by atoms with E-state index in [1.165, 1.54) is 0 Å². The summed E-state index contributed by atoms with van der Waals surface area (Å²) in [6.45, 7) is 10.7. The third-order valence-electron chi connectivity index (χ3n) is 1.56. The van der Waals surface area contributed by atoms with E-state index in [2.05, 4.69) is 11.9 Å². The van der Waals surface area contributed by atoms with E-state index in [4.69, 9.17) is 13.3 Å². The summed E-state index contributed by atoms with van der Waals surface area (Å²) in [5.41, 5.74) is 0. The second kappa shape index (κ2) is 8.37. The van der Waals surface area contributed by atoms with Gasteiger partial charge in [-0.2, -0.15) is 0 Å². The second-order valence-corrected chi connectivity index (χ2v) is 5.13. The lowest BCUT2D eigenvalue weighted by atomic mass is 10.5. The van der Waals surface area contributed by atoms with Gasteiger partial charge in [-0.25, -0.2) is 0 Å². The fourth-order valence-corrected chi connectivity index (χ4v) is 3.33. The minimum absolute atomic E-state index is 0.614. The molecule has 0 radical (unpaired) electrons. The zero-order valence-corrected chi connectivity index (χ0v) is 10.8. The van der Waals surface area contributed by atoms with E-state index in [1.807, 2.05) is 20.8 Å². The molecule has 14 heavy (non-hydrogen) atoms. The number of rotatable bonds is 9. The fourth-order valence-electron chi connectivity index (χ4n) is 1.11. The van der Waals surface area contributed by atoms with Gasteiger partial charge >= 0.3 is 8.97 Å². The summed E-state index contributed by atoms with van der Waals surface area (Å²) < 4.78 is 16.9. The van der Waals surface area contributed by atoms with E-state index in [0.717, 1.165) is 13.0 Å². The molecule has 4 nitrogen and oxygen atoms in total. The third kappa shape index (κ3) is 5.07. The highest BCUT2D eigenvalue weighted by Crippen LogP contribution is 2.06. The summed E-state index contributed by atoms with van der Waals surface area (Å²) in [5, 5.41) is 0. The normalized spacial score (nSPS) is 12.0. The van der Waals surface area contributed by atoms with Crippen LogP contribution in [0.4, 0.5) is 0 Å². The number of hydrogen-bond acceptors (Lipinski definition) is 4. The van der Waals surface area contributed by atoms with Crippen molar-refractivity contribution in [2.45, 2.75) is 34.1 Å². The highest BCUT2D eigenvalue weighted by atomic mass is 28.4. The van der Waals surface area contributed by atoms with Crippen molar-refractivity contribution >= 4 is 8.97 Å². The minimum Gasteiger partial charge on any atom is -0.361 e. The maximum absolute atomic E-state index is 5.68. The highest BCUT2D eigenvalue weighted by Gasteiger charge is 2.40. The zero-order chi connectivity index (χ0) is 10.9. The topological polar surface area (TPSA) is 39.7 Å². The van der Waals surface area contributed by atoms with Crippen molar-refractivity contribution in [3.63, 3.8) is 0 Å². The molecule has 0 atom stereocenters. The lowest BCUT2D eigenvalue weighted by molar-refractivity contribution is 0.0565. The fraction of sp³-hybridized carbons (Fsp3) is 1.00. The van der Waals surface area contributed by atoms with Crippen LogP contribution < -0.4 is 4.98 Å². The van der Waals surface area contributed by atoms with Crippen LogP contribution in [0.3, 0.4) is 0 Å². The van der Waals surface area contributed by atoms with Gasteiger partial charge in [-0.15, -0.1) is 0 Å². The van der Waals surface area contributed by atoms with Crippen molar-refractivity contribution < 1.29 is 13.3 Å². The maximum atomic E-state index is 5.68. The lowest BCUT2D eigenvalue weighted by Gasteiger charge is -2.28. The summed E-state index contributed by atoms with van der Waals surface area (Å²) in [5.74, 6) is 0. The molecule has 0 bridgehead atoms. The molecule has 0 amide bonds. The number of nitrogens with one attached hydrogen (secondary N) is 1. The largest absolute Gasteiger partial charge is 0.596 e. The van der Waals surface area contributed by atoms with Crippen LogP contribution in [0.15, 0.2) is 0 Å². The van der Waals surface area contributed by atoms with Crippen molar-refractivity contribution in [3.8, 4) is 0 Å². The first-order valence-electron chi connectivity index (χ1n) is 5.41. The summed E-state index contributed by atoms with van der Waals surface area (Å²) in [6.07, 6.45) is 0.973. The molecule has 0 rings (SSSR count). The molecule has 0 spiro atoms. The molecule has 0 aromatic heterocycles. The average molecular weight is 221 g/mol. The summed E-state index contributed by atoms with van der Waals surface area (Å²) in [7, 11) is -2.57. The van der Waals surface area contributed by atoms with Crippen molar-refractivity contribution in [3.05, 3.63) is 0 Å². The molecule has 0 heterocycles. The van der Waals surface area contributed by atoms with Gasteiger partial charge in [0.15, 0.2) is 0 Å². The van der Waals surface area contributed by atoms with Crippen LogP contribution in [0.1, 0.15) is 34.1 Å². The van der Waals surface area contributed by atoms with Gasteiger partial charge in [-0.1, -0.05) is 13.8 Å². The Morgan fingerprint density at radius 3 is 1.86 bits per heavy atom. The van der Waals surface area contributed by atoms with Crippen LogP contribution in [0, 0.1) is 0 Å². The van der Waals surface area contributed by atoms with Gasteiger partial charge in [0.25, 0.3) is 0 Å². The van der Waals surface area contributed by atoms with Crippen LogP contribution in [0.5, 0.6) is 0 Å². The summed E-state index contributed by atoms with van der Waals surface area (Å²) in [4.78, 5) is 3.20. The Hall–Kier alpha value is 0.0569. The summed E-state index contributed by atoms with van der Waals surface area (Å²) >= 11 is 0. The maximum Gasteiger partial charge on any atom is 0.596 e. The smallest absolute Gasteiger partial charge is 0.361 e. The van der Waals surface area contributed by atoms with Crippen LogP contribution in [-0.4, -0.2) is 35.3 Å². The lowest BCUT2D eigenvalue weighted by Crippen LogP contribution is -2.59. The van der Waals surface area contributed by atoms with Gasteiger partial charge in [-0.3, -0.25) is 4.98 Å². The molecule has 0 fully saturated rings. The predicted octanol–water partition coefficient (Wildman–Crippen LogP) is 1.53. The van der Waals surface area contributed by atoms with Crippen LogP contribution in [-0.2, 0) is 13.3 Å². The van der Waals surface area contributed by atoms with E-state index in [9.17, 15) is 0 Å². The molecule has 0 aromatic carbocycles. The SMILES string of the molecule is CCCO[Si](NCC)(OCC)OCC. The Balaban J connectivity index is 4.21. The van der Waals surface area contributed by atoms with Gasteiger partial charge < -0.3 is 13.3 Å². The first-order valence-corrected chi connectivity index (χ1v) is 7.14. The minimum atomic E-state index is -2.57. The quantitative estimate of drug-likeness (QED) is 0.599. The van der Waals surface area contributed by atoms with E-state index in [1.54, 1.807) is 0 Å². The second-order valence-electron chi connectivity index (χ2n) is 2.80. The molecule has 0 aliphatic rings. The van der Waals surface area contributed by atoms with Crippen LogP contribution in [0.25, 0.3) is 0 Å². The monoisotopic (exact) mass is 221 g/mol. The molecular weight excluding hydrogens is 198 g/mol. The molecule has 0 aliphatic heterocycles. The molecule has 0 saturated carbocycles. The Labute approximate surface area is 88.4 Å². The molecule has 1 N–H and O–H groups in total. The van der Waals surface area contributed by atoms with Gasteiger partial charge in [0, 0.05) is 19.8 Å². The van der Waals surface area contributed by atoms with Crippen molar-refractivity contribution in [1.82, 2.24) is 4.98 Å². The standard InChI is InChI=1S/C9H23NO3Si/c1-5-9-13-14(10-6-2,11-7-3)12-8-4/h10H,5-9H2,1-4H3.